The van der Waals surface area contributed by atoms with Gasteiger partial charge in [0.15, 0.2) is 0 Å². The van der Waals surface area contributed by atoms with Gasteiger partial charge in [-0.05, 0) is 49.9 Å². The first-order valence-corrected chi connectivity index (χ1v) is 7.51. The lowest BCUT2D eigenvalue weighted by Gasteiger charge is -2.63. The molecule has 16 heavy (non-hydrogen) atoms. The summed E-state index contributed by atoms with van der Waals surface area (Å²) in [4.78, 5) is 11.1. The molecule has 0 aromatic heterocycles. The minimum Gasteiger partial charge on any atom is -0.481 e. The van der Waals surface area contributed by atoms with E-state index < -0.39 is 5.97 Å². The van der Waals surface area contributed by atoms with E-state index in [9.17, 15) is 4.79 Å². The molecule has 0 amide bonds. The molecular formula is C12H16Br2O2. The summed E-state index contributed by atoms with van der Waals surface area (Å²) in [6.07, 6.45) is 7.22. The highest BCUT2D eigenvalue weighted by Crippen LogP contribution is 2.69. The molecule has 0 spiro atoms. The molecule has 4 bridgehead atoms. The van der Waals surface area contributed by atoms with E-state index in [1.807, 2.05) is 0 Å². The van der Waals surface area contributed by atoms with E-state index in [1.165, 1.54) is 12.8 Å². The molecule has 4 saturated carbocycles. The topological polar surface area (TPSA) is 37.3 Å². The van der Waals surface area contributed by atoms with Crippen molar-refractivity contribution in [1.29, 1.82) is 0 Å². The smallest absolute Gasteiger partial charge is 0.303 e. The van der Waals surface area contributed by atoms with Crippen LogP contribution in [0.5, 0.6) is 0 Å². The van der Waals surface area contributed by atoms with Gasteiger partial charge in [0.25, 0.3) is 0 Å². The van der Waals surface area contributed by atoms with Crippen LogP contribution in [0.15, 0.2) is 0 Å². The second kappa shape index (κ2) is 3.25. The van der Waals surface area contributed by atoms with Crippen molar-refractivity contribution in [3.63, 3.8) is 0 Å². The molecule has 0 unspecified atom stereocenters. The van der Waals surface area contributed by atoms with Crippen LogP contribution in [0.25, 0.3) is 0 Å². The first kappa shape index (κ1) is 11.5. The molecule has 0 saturated heterocycles. The summed E-state index contributed by atoms with van der Waals surface area (Å²) in [6, 6.07) is 0. The Hall–Kier alpha value is 0.430. The number of hydrogen-bond acceptors (Lipinski definition) is 1. The maximum absolute atomic E-state index is 11.1. The van der Waals surface area contributed by atoms with Crippen molar-refractivity contribution in [2.45, 2.75) is 53.6 Å². The van der Waals surface area contributed by atoms with Gasteiger partial charge in [-0.15, -0.1) is 0 Å². The van der Waals surface area contributed by atoms with Gasteiger partial charge in [0, 0.05) is 8.65 Å². The zero-order valence-corrected chi connectivity index (χ0v) is 12.3. The third kappa shape index (κ3) is 1.76. The molecule has 1 N–H and O–H groups in total. The minimum absolute atomic E-state index is 0.0538. The van der Waals surface area contributed by atoms with Crippen molar-refractivity contribution in [3.8, 4) is 0 Å². The molecule has 4 rings (SSSR count). The maximum Gasteiger partial charge on any atom is 0.303 e. The van der Waals surface area contributed by atoms with Crippen LogP contribution in [0.4, 0.5) is 0 Å². The molecular weight excluding hydrogens is 336 g/mol. The maximum atomic E-state index is 11.1. The SMILES string of the molecule is O=C(O)CC12CC3C[C@](Br)(C1)C[C@](Br)(C3)C2. The van der Waals surface area contributed by atoms with Crippen molar-refractivity contribution in [1.82, 2.24) is 0 Å². The average molecular weight is 352 g/mol. The number of rotatable bonds is 2. The van der Waals surface area contributed by atoms with E-state index in [2.05, 4.69) is 31.9 Å². The normalized spacial score (nSPS) is 54.2. The van der Waals surface area contributed by atoms with Crippen LogP contribution < -0.4 is 0 Å². The monoisotopic (exact) mass is 350 g/mol. The van der Waals surface area contributed by atoms with Crippen molar-refractivity contribution >= 4 is 37.8 Å². The highest BCUT2D eigenvalue weighted by molar-refractivity contribution is 9.10. The summed E-state index contributed by atoms with van der Waals surface area (Å²) in [5, 5.41) is 9.11. The number of aliphatic carboxylic acids is 1. The summed E-state index contributed by atoms with van der Waals surface area (Å²) < 4.78 is 0.427. The molecule has 0 aromatic carbocycles. The number of halogens is 2. The molecule has 4 heteroatoms. The van der Waals surface area contributed by atoms with Crippen LogP contribution in [-0.4, -0.2) is 19.7 Å². The van der Waals surface area contributed by atoms with Crippen molar-refractivity contribution < 1.29 is 9.90 Å². The number of carbonyl (C=O) groups is 1. The zero-order valence-electron chi connectivity index (χ0n) is 9.14. The van der Waals surface area contributed by atoms with Gasteiger partial charge in [0.05, 0.1) is 6.42 Å². The van der Waals surface area contributed by atoms with Gasteiger partial charge in [0.2, 0.25) is 0 Å². The second-order valence-electron chi connectivity index (χ2n) is 6.38. The summed E-state index contributed by atoms with van der Waals surface area (Å²) in [6.45, 7) is 0. The molecule has 0 heterocycles. The van der Waals surface area contributed by atoms with Gasteiger partial charge in [-0.25, -0.2) is 0 Å². The predicted molar refractivity (Wildman–Crippen MR) is 69.2 cm³/mol. The highest BCUT2D eigenvalue weighted by atomic mass is 79.9. The number of carboxylic acids is 1. The summed E-state index contributed by atoms with van der Waals surface area (Å²) in [5.41, 5.74) is 0.0538. The zero-order chi connectivity index (χ0) is 11.6. The standard InChI is InChI=1S/C12H16Br2O2/c13-11-2-8-1-10(5-11,4-9(15)16)6-12(14,3-8)7-11/h8H,1-7H2,(H,15,16)/t8?,10?,11-,12-/m0/s1. The fraction of sp³-hybridized carbons (Fsp3) is 0.917. The van der Waals surface area contributed by atoms with E-state index >= 15 is 0 Å². The Balaban J connectivity index is 1.95. The van der Waals surface area contributed by atoms with E-state index in [0.717, 1.165) is 25.7 Å². The summed E-state index contributed by atoms with van der Waals surface area (Å²) in [7, 11) is 0. The lowest BCUT2D eigenvalue weighted by Crippen LogP contribution is -2.59. The highest BCUT2D eigenvalue weighted by Gasteiger charge is 2.62. The molecule has 0 aliphatic heterocycles. The average Bonchev–Trinajstić information content (AvgIpc) is 1.91. The molecule has 0 aromatic rings. The molecule has 90 valence electrons. The predicted octanol–water partition coefficient (Wildman–Crippen LogP) is 3.71. The molecule has 2 atom stereocenters. The van der Waals surface area contributed by atoms with Crippen LogP contribution in [0.2, 0.25) is 0 Å². The van der Waals surface area contributed by atoms with E-state index in [-0.39, 0.29) is 14.1 Å². The lowest BCUT2D eigenvalue weighted by atomic mass is 9.48. The van der Waals surface area contributed by atoms with Crippen molar-refractivity contribution in [2.24, 2.45) is 11.3 Å². The molecule has 0 radical (unpaired) electrons. The summed E-state index contributed by atoms with van der Waals surface area (Å²) in [5.74, 6) is 0.0866. The minimum atomic E-state index is -0.630. The lowest BCUT2D eigenvalue weighted by molar-refractivity contribution is -0.143. The van der Waals surface area contributed by atoms with Crippen LogP contribution >= 0.6 is 31.9 Å². The first-order chi connectivity index (χ1) is 7.32. The van der Waals surface area contributed by atoms with Gasteiger partial charge in [-0.1, -0.05) is 31.9 Å². The Labute approximate surface area is 112 Å². The largest absolute Gasteiger partial charge is 0.481 e. The van der Waals surface area contributed by atoms with Gasteiger partial charge >= 0.3 is 5.97 Å². The number of alkyl halides is 2. The van der Waals surface area contributed by atoms with Gasteiger partial charge in [0.1, 0.15) is 0 Å². The van der Waals surface area contributed by atoms with Gasteiger partial charge in [-0.3, -0.25) is 4.79 Å². The molecule has 4 fully saturated rings. The number of carboxylic acid groups (broad SMARTS) is 1. The van der Waals surface area contributed by atoms with E-state index in [1.54, 1.807) is 0 Å². The van der Waals surface area contributed by atoms with Crippen LogP contribution in [0.3, 0.4) is 0 Å². The Morgan fingerprint density at radius 2 is 1.69 bits per heavy atom. The van der Waals surface area contributed by atoms with Crippen LogP contribution in [0, 0.1) is 11.3 Å². The Morgan fingerprint density at radius 3 is 2.12 bits per heavy atom. The third-order valence-electron chi connectivity index (χ3n) is 4.57. The van der Waals surface area contributed by atoms with Crippen molar-refractivity contribution in [3.05, 3.63) is 0 Å². The second-order valence-corrected chi connectivity index (χ2v) is 9.75. The van der Waals surface area contributed by atoms with E-state index in [0.29, 0.717) is 12.3 Å². The molecule has 4 aliphatic carbocycles. The number of hydrogen-bond donors (Lipinski definition) is 1. The van der Waals surface area contributed by atoms with Crippen molar-refractivity contribution in [2.75, 3.05) is 0 Å². The Kier molecular flexibility index (Phi) is 2.34. The Morgan fingerprint density at radius 1 is 1.12 bits per heavy atom. The third-order valence-corrected chi connectivity index (χ3v) is 6.34. The van der Waals surface area contributed by atoms with Crippen LogP contribution in [-0.2, 0) is 4.79 Å². The molecule has 4 aliphatic rings. The summed E-state index contributed by atoms with van der Waals surface area (Å²) >= 11 is 7.79. The fourth-order valence-electron chi connectivity index (χ4n) is 4.91. The fourth-order valence-corrected chi connectivity index (χ4v) is 8.47. The quantitative estimate of drug-likeness (QED) is 0.770. The Bertz CT molecular complexity index is 337. The first-order valence-electron chi connectivity index (χ1n) is 5.92. The van der Waals surface area contributed by atoms with Crippen LogP contribution in [0.1, 0.15) is 44.9 Å². The van der Waals surface area contributed by atoms with Gasteiger partial charge in [-0.2, -0.15) is 0 Å². The molecule has 2 nitrogen and oxygen atoms in total. The van der Waals surface area contributed by atoms with Gasteiger partial charge < -0.3 is 5.11 Å². The van der Waals surface area contributed by atoms with E-state index in [4.69, 9.17) is 5.11 Å².